The zero-order valence-corrected chi connectivity index (χ0v) is 23.6. The minimum Gasteiger partial charge on any atom is -0.352 e. The van der Waals surface area contributed by atoms with Crippen LogP contribution in [0.2, 0.25) is 5.02 Å². The van der Waals surface area contributed by atoms with E-state index in [1.165, 1.54) is 42.2 Å². The Labute approximate surface area is 236 Å². The van der Waals surface area contributed by atoms with Gasteiger partial charge in [0.25, 0.3) is 10.0 Å². The Bertz CT molecular complexity index is 1430. The normalized spacial score (nSPS) is 12.6. The van der Waals surface area contributed by atoms with Gasteiger partial charge in [0, 0.05) is 17.6 Å². The topological polar surface area (TPSA) is 86.8 Å². The van der Waals surface area contributed by atoms with Crippen LogP contribution < -0.4 is 9.62 Å². The SMILES string of the molecule is CC(C)NC(=O)C(C)N(Cc1ccc(Cl)cc1)C(=O)CN(c1cccc(C(F)(F)F)c1)S(=O)(=O)c1ccccc1. The lowest BCUT2D eigenvalue weighted by Crippen LogP contribution is -2.52. The number of hydrogen-bond donors (Lipinski definition) is 1. The molecule has 0 aliphatic rings. The van der Waals surface area contributed by atoms with Crippen molar-refractivity contribution in [1.82, 2.24) is 10.2 Å². The zero-order chi connectivity index (χ0) is 29.7. The summed E-state index contributed by atoms with van der Waals surface area (Å²) in [6, 6.07) is 16.1. The fourth-order valence-corrected chi connectivity index (χ4v) is 5.41. The molecule has 7 nitrogen and oxygen atoms in total. The van der Waals surface area contributed by atoms with Gasteiger partial charge in [-0.15, -0.1) is 0 Å². The van der Waals surface area contributed by atoms with Gasteiger partial charge in [0.15, 0.2) is 0 Å². The summed E-state index contributed by atoms with van der Waals surface area (Å²) in [7, 11) is -4.49. The molecule has 0 fully saturated rings. The molecule has 0 aromatic heterocycles. The standard InChI is InChI=1S/C28H29ClF3N3O4S/c1-19(2)33-27(37)20(3)34(17-21-12-14-23(29)15-13-21)26(36)18-35(40(38,39)25-10-5-4-6-11-25)24-9-7-8-22(16-24)28(30,31)32/h4-16,19-20H,17-18H2,1-3H3,(H,33,37). The second-order valence-electron chi connectivity index (χ2n) is 9.36. The molecule has 1 atom stereocenters. The Balaban J connectivity index is 2.07. The van der Waals surface area contributed by atoms with Crippen molar-refractivity contribution in [2.24, 2.45) is 0 Å². The van der Waals surface area contributed by atoms with Crippen molar-refractivity contribution < 1.29 is 31.2 Å². The van der Waals surface area contributed by atoms with Gasteiger partial charge in [-0.25, -0.2) is 8.42 Å². The minimum atomic E-state index is -4.74. The van der Waals surface area contributed by atoms with Gasteiger partial charge in [0.05, 0.1) is 16.1 Å². The molecule has 1 N–H and O–H groups in total. The molecule has 40 heavy (non-hydrogen) atoms. The number of carbonyl (C=O) groups is 2. The van der Waals surface area contributed by atoms with Crippen LogP contribution in [0.25, 0.3) is 0 Å². The first-order valence-electron chi connectivity index (χ1n) is 12.3. The van der Waals surface area contributed by atoms with Crippen LogP contribution in [0.15, 0.2) is 83.8 Å². The highest BCUT2D eigenvalue weighted by Gasteiger charge is 2.35. The summed E-state index contributed by atoms with van der Waals surface area (Å²) in [5, 5.41) is 3.18. The molecule has 214 valence electrons. The van der Waals surface area contributed by atoms with E-state index in [4.69, 9.17) is 11.6 Å². The smallest absolute Gasteiger partial charge is 0.352 e. The monoisotopic (exact) mass is 595 g/mol. The molecule has 3 rings (SSSR count). The molecule has 0 aliphatic carbocycles. The van der Waals surface area contributed by atoms with E-state index in [-0.39, 0.29) is 23.2 Å². The first kappa shape index (κ1) is 31.0. The number of sulfonamides is 1. The van der Waals surface area contributed by atoms with Crippen LogP contribution in [0.4, 0.5) is 18.9 Å². The molecule has 12 heteroatoms. The number of alkyl halides is 3. The number of halogens is 4. The molecule has 0 aliphatic heterocycles. The number of rotatable bonds is 10. The third-order valence-corrected chi connectivity index (χ3v) is 7.98. The largest absolute Gasteiger partial charge is 0.416 e. The number of carbonyl (C=O) groups excluding carboxylic acids is 2. The van der Waals surface area contributed by atoms with Crippen LogP contribution in [-0.4, -0.2) is 43.8 Å². The summed E-state index contributed by atoms with van der Waals surface area (Å²) in [5.41, 5.74) is -0.815. The summed E-state index contributed by atoms with van der Waals surface area (Å²) in [6.07, 6.45) is -4.74. The van der Waals surface area contributed by atoms with Crippen LogP contribution in [-0.2, 0) is 32.3 Å². The molecule has 0 saturated heterocycles. The molecule has 0 saturated carbocycles. The number of hydrogen-bond acceptors (Lipinski definition) is 4. The van der Waals surface area contributed by atoms with Crippen LogP contribution in [0, 0.1) is 0 Å². The second-order valence-corrected chi connectivity index (χ2v) is 11.7. The number of benzene rings is 3. The summed E-state index contributed by atoms with van der Waals surface area (Å²) < 4.78 is 68.5. The van der Waals surface area contributed by atoms with E-state index in [1.807, 2.05) is 0 Å². The predicted molar refractivity (Wildman–Crippen MR) is 147 cm³/mol. The first-order valence-corrected chi connectivity index (χ1v) is 14.1. The predicted octanol–water partition coefficient (Wildman–Crippen LogP) is 5.50. The third kappa shape index (κ3) is 7.76. The van der Waals surface area contributed by atoms with Crippen LogP contribution in [0.5, 0.6) is 0 Å². The average Bonchev–Trinajstić information content (AvgIpc) is 2.90. The first-order chi connectivity index (χ1) is 18.7. The fraction of sp³-hybridized carbons (Fsp3) is 0.286. The summed E-state index contributed by atoms with van der Waals surface area (Å²) >= 11 is 5.97. The lowest BCUT2D eigenvalue weighted by atomic mass is 10.1. The molecule has 0 bridgehead atoms. The van der Waals surface area contributed by atoms with Gasteiger partial charge in [-0.3, -0.25) is 13.9 Å². The lowest BCUT2D eigenvalue weighted by molar-refractivity contribution is -0.139. The lowest BCUT2D eigenvalue weighted by Gasteiger charge is -2.32. The molecule has 0 spiro atoms. The van der Waals surface area contributed by atoms with Crippen LogP contribution in [0.3, 0.4) is 0 Å². The van der Waals surface area contributed by atoms with Gasteiger partial charge in [-0.05, 0) is 68.8 Å². The summed E-state index contributed by atoms with van der Waals surface area (Å²) in [6.45, 7) is 4.05. The van der Waals surface area contributed by atoms with Gasteiger partial charge >= 0.3 is 6.18 Å². The Morgan fingerprint density at radius 2 is 1.55 bits per heavy atom. The highest BCUT2D eigenvalue weighted by Crippen LogP contribution is 2.33. The van der Waals surface area contributed by atoms with Crippen molar-refractivity contribution in [1.29, 1.82) is 0 Å². The van der Waals surface area contributed by atoms with Crippen molar-refractivity contribution >= 4 is 39.1 Å². The number of anilines is 1. The van der Waals surface area contributed by atoms with Crippen LogP contribution >= 0.6 is 11.6 Å². The molecule has 0 heterocycles. The highest BCUT2D eigenvalue weighted by atomic mass is 35.5. The Morgan fingerprint density at radius 1 is 0.925 bits per heavy atom. The minimum absolute atomic E-state index is 0.0789. The summed E-state index contributed by atoms with van der Waals surface area (Å²) in [4.78, 5) is 27.6. The van der Waals surface area contributed by atoms with E-state index in [0.717, 1.165) is 12.1 Å². The number of nitrogens with zero attached hydrogens (tertiary/aromatic N) is 2. The average molecular weight is 596 g/mol. The fourth-order valence-electron chi connectivity index (χ4n) is 3.86. The number of nitrogens with one attached hydrogen (secondary N) is 1. The maximum absolute atomic E-state index is 13.8. The Kier molecular flexibility index (Phi) is 9.86. The van der Waals surface area contributed by atoms with E-state index in [2.05, 4.69) is 5.32 Å². The van der Waals surface area contributed by atoms with Gasteiger partial charge in [0.2, 0.25) is 11.8 Å². The van der Waals surface area contributed by atoms with Crippen LogP contribution in [0.1, 0.15) is 31.9 Å². The quantitative estimate of drug-likeness (QED) is 0.336. The van der Waals surface area contributed by atoms with Crippen molar-refractivity contribution in [3.8, 4) is 0 Å². The molecule has 1 unspecified atom stereocenters. The molecule has 0 radical (unpaired) electrons. The maximum Gasteiger partial charge on any atom is 0.416 e. The van der Waals surface area contributed by atoms with Gasteiger partial charge in [-0.1, -0.05) is 48.0 Å². The van der Waals surface area contributed by atoms with E-state index in [9.17, 15) is 31.2 Å². The van der Waals surface area contributed by atoms with Gasteiger partial charge < -0.3 is 10.2 Å². The Hall–Kier alpha value is -3.57. The summed E-state index contributed by atoms with van der Waals surface area (Å²) in [5.74, 6) is -1.27. The molecule has 3 aromatic carbocycles. The molecular formula is C28H29ClF3N3O4S. The van der Waals surface area contributed by atoms with E-state index >= 15 is 0 Å². The molecule has 2 amide bonds. The molecule has 3 aromatic rings. The van der Waals surface area contributed by atoms with E-state index in [0.29, 0.717) is 21.0 Å². The van der Waals surface area contributed by atoms with E-state index < -0.39 is 46.2 Å². The highest BCUT2D eigenvalue weighted by molar-refractivity contribution is 7.92. The van der Waals surface area contributed by atoms with Gasteiger partial charge in [0.1, 0.15) is 12.6 Å². The Morgan fingerprint density at radius 3 is 2.12 bits per heavy atom. The second kappa shape index (κ2) is 12.7. The van der Waals surface area contributed by atoms with E-state index in [1.54, 1.807) is 44.2 Å². The van der Waals surface area contributed by atoms with Crippen molar-refractivity contribution in [2.75, 3.05) is 10.8 Å². The van der Waals surface area contributed by atoms with Crippen molar-refractivity contribution in [3.63, 3.8) is 0 Å². The van der Waals surface area contributed by atoms with Gasteiger partial charge in [-0.2, -0.15) is 13.2 Å². The number of amides is 2. The maximum atomic E-state index is 13.8. The zero-order valence-electron chi connectivity index (χ0n) is 22.0. The van der Waals surface area contributed by atoms with Crippen molar-refractivity contribution in [3.05, 3.63) is 95.0 Å². The third-order valence-electron chi connectivity index (χ3n) is 5.94. The molecular weight excluding hydrogens is 567 g/mol. The van der Waals surface area contributed by atoms with Crippen molar-refractivity contribution in [2.45, 2.75) is 50.5 Å².